The average Bonchev–Trinajstić information content (AvgIpc) is 3.52. The zero-order valence-electron chi connectivity index (χ0n) is 23.9. The van der Waals surface area contributed by atoms with Crippen LogP contribution in [0.5, 0.6) is 11.5 Å². The van der Waals surface area contributed by atoms with Crippen LogP contribution >= 0.6 is 0 Å². The van der Waals surface area contributed by atoms with E-state index in [-0.39, 0.29) is 43.1 Å². The minimum Gasteiger partial charge on any atom is -0.454 e. The number of fused-ring (bicyclic) bond motifs is 1. The zero-order valence-corrected chi connectivity index (χ0v) is 24.7. The summed E-state index contributed by atoms with van der Waals surface area (Å²) in [5.74, 6) is 0.154. The molecule has 220 valence electrons. The number of carbonyl (C=O) groups excluding carboxylic acids is 2. The molecule has 1 fully saturated rings. The lowest BCUT2D eigenvalue weighted by atomic mass is 9.85. The summed E-state index contributed by atoms with van der Waals surface area (Å²) in [6.45, 7) is 12.9. The monoisotopic (exact) mass is 568 g/mol. The number of carbonyl (C=O) groups is 2. The normalized spacial score (nSPS) is 18.3. The van der Waals surface area contributed by atoms with Crippen molar-refractivity contribution in [2.75, 3.05) is 39.5 Å². The summed E-state index contributed by atoms with van der Waals surface area (Å²) in [6, 6.07) is 2.81. The molecule has 3 rings (SSSR count). The molecule has 0 bridgehead atoms. The number of hydrogen-bond donors (Lipinski definition) is 3. The van der Waals surface area contributed by atoms with Gasteiger partial charge in [0.15, 0.2) is 11.5 Å². The number of ether oxygens (including phenoxy) is 2. The summed E-state index contributed by atoms with van der Waals surface area (Å²) in [7, 11) is -3.98. The Morgan fingerprint density at radius 2 is 1.69 bits per heavy atom. The lowest BCUT2D eigenvalue weighted by Crippen LogP contribution is -2.58. The molecule has 39 heavy (non-hydrogen) atoms. The third kappa shape index (κ3) is 8.29. The molecule has 2 aliphatic rings. The Hall–Kier alpha value is -2.41. The van der Waals surface area contributed by atoms with Gasteiger partial charge in [-0.25, -0.2) is 8.42 Å². The first-order chi connectivity index (χ1) is 18.2. The second-order valence-electron chi connectivity index (χ2n) is 11.9. The Kier molecular flexibility index (Phi) is 10.2. The first-order valence-electron chi connectivity index (χ1n) is 13.6. The smallest absolute Gasteiger partial charge is 0.243 e. The fraction of sp³-hybridized carbons (Fsp3) is 0.704. The standard InChI is InChI=1S/C27H44N4O7S/c1-18(2)14-31(39(35,36)20-9-10-22-23(13-20)38-17-37-22)15-21(32)19(3)28-26(34)25(27(4,5)6)29-24(33)16-30-11-7-8-12-30/h9-10,13,18-19,21,25,32H,7-8,11-12,14-17H2,1-6H3,(H,28,34)(H,29,33)/t19-,21+,25+/m0/s1. The number of amides is 2. The van der Waals surface area contributed by atoms with E-state index >= 15 is 0 Å². The van der Waals surface area contributed by atoms with Gasteiger partial charge in [-0.2, -0.15) is 4.31 Å². The lowest BCUT2D eigenvalue weighted by Gasteiger charge is -2.33. The maximum Gasteiger partial charge on any atom is 0.243 e. The Labute approximate surface area is 232 Å². The van der Waals surface area contributed by atoms with E-state index in [4.69, 9.17) is 9.47 Å². The van der Waals surface area contributed by atoms with Crippen LogP contribution < -0.4 is 20.1 Å². The van der Waals surface area contributed by atoms with Gasteiger partial charge in [-0.05, 0) is 56.3 Å². The number of nitrogens with one attached hydrogen (secondary N) is 2. The van der Waals surface area contributed by atoms with Crippen molar-refractivity contribution >= 4 is 21.8 Å². The predicted octanol–water partition coefficient (Wildman–Crippen LogP) is 1.55. The highest BCUT2D eigenvalue weighted by Crippen LogP contribution is 2.34. The largest absolute Gasteiger partial charge is 0.454 e. The summed E-state index contributed by atoms with van der Waals surface area (Å²) in [5, 5.41) is 16.7. The van der Waals surface area contributed by atoms with E-state index in [0.717, 1.165) is 25.9 Å². The molecule has 1 saturated heterocycles. The van der Waals surface area contributed by atoms with E-state index in [1.165, 1.54) is 16.4 Å². The van der Waals surface area contributed by atoms with Crippen molar-refractivity contribution in [3.8, 4) is 11.5 Å². The van der Waals surface area contributed by atoms with Crippen molar-refractivity contribution in [2.45, 2.75) is 77.5 Å². The minimum atomic E-state index is -3.98. The van der Waals surface area contributed by atoms with Crippen molar-refractivity contribution < 1.29 is 32.6 Å². The van der Waals surface area contributed by atoms with Crippen LogP contribution in [-0.4, -0.2) is 92.2 Å². The minimum absolute atomic E-state index is 0.0121. The van der Waals surface area contributed by atoms with Gasteiger partial charge in [-0.15, -0.1) is 0 Å². The molecular weight excluding hydrogens is 524 g/mol. The van der Waals surface area contributed by atoms with Crippen molar-refractivity contribution in [1.29, 1.82) is 0 Å². The fourth-order valence-corrected chi connectivity index (χ4v) is 6.30. The van der Waals surface area contributed by atoms with Gasteiger partial charge >= 0.3 is 0 Å². The summed E-state index contributed by atoms with van der Waals surface area (Å²) >= 11 is 0. The van der Waals surface area contributed by atoms with Crippen LogP contribution in [0.1, 0.15) is 54.4 Å². The van der Waals surface area contributed by atoms with E-state index in [9.17, 15) is 23.1 Å². The summed E-state index contributed by atoms with van der Waals surface area (Å²) in [6.07, 6.45) is 0.922. The Morgan fingerprint density at radius 1 is 1.05 bits per heavy atom. The molecule has 3 N–H and O–H groups in total. The number of aliphatic hydroxyl groups excluding tert-OH is 1. The topological polar surface area (TPSA) is 138 Å². The maximum absolute atomic E-state index is 13.5. The van der Waals surface area contributed by atoms with Crippen LogP contribution in [0.3, 0.4) is 0 Å². The van der Waals surface area contributed by atoms with Gasteiger partial charge < -0.3 is 25.2 Å². The number of hydrogen-bond acceptors (Lipinski definition) is 8. The van der Waals surface area contributed by atoms with E-state index in [1.807, 2.05) is 34.6 Å². The zero-order chi connectivity index (χ0) is 29.0. The molecule has 0 aromatic heterocycles. The molecule has 0 aliphatic carbocycles. The van der Waals surface area contributed by atoms with Gasteiger partial charge in [0.25, 0.3) is 0 Å². The third-order valence-electron chi connectivity index (χ3n) is 6.89. The summed E-state index contributed by atoms with van der Waals surface area (Å²) < 4.78 is 38.9. The highest BCUT2D eigenvalue weighted by atomic mass is 32.2. The Bertz CT molecular complexity index is 1110. The van der Waals surface area contributed by atoms with E-state index < -0.39 is 39.5 Å². The van der Waals surface area contributed by atoms with E-state index in [0.29, 0.717) is 11.5 Å². The predicted molar refractivity (Wildman–Crippen MR) is 147 cm³/mol. The summed E-state index contributed by atoms with van der Waals surface area (Å²) in [4.78, 5) is 28.0. The Morgan fingerprint density at radius 3 is 2.31 bits per heavy atom. The molecule has 12 heteroatoms. The van der Waals surface area contributed by atoms with Gasteiger partial charge in [0, 0.05) is 19.2 Å². The number of rotatable bonds is 12. The van der Waals surface area contributed by atoms with Crippen molar-refractivity contribution in [3.63, 3.8) is 0 Å². The van der Waals surface area contributed by atoms with Gasteiger partial charge in [0.2, 0.25) is 28.6 Å². The molecule has 0 saturated carbocycles. The molecule has 1 aromatic carbocycles. The molecule has 2 aliphatic heterocycles. The molecular formula is C27H44N4O7S. The number of likely N-dealkylation sites (tertiary alicyclic amines) is 1. The van der Waals surface area contributed by atoms with Gasteiger partial charge in [-0.3, -0.25) is 14.5 Å². The van der Waals surface area contributed by atoms with Gasteiger partial charge in [-0.1, -0.05) is 34.6 Å². The molecule has 1 aromatic rings. The molecule has 2 heterocycles. The molecule has 3 atom stereocenters. The van der Waals surface area contributed by atoms with Crippen LogP contribution in [0.25, 0.3) is 0 Å². The average molecular weight is 569 g/mol. The van der Waals surface area contributed by atoms with Crippen molar-refractivity contribution in [1.82, 2.24) is 19.8 Å². The van der Waals surface area contributed by atoms with Crippen LogP contribution in [0.4, 0.5) is 0 Å². The lowest BCUT2D eigenvalue weighted by molar-refractivity contribution is -0.132. The molecule has 0 unspecified atom stereocenters. The van der Waals surface area contributed by atoms with Crippen LogP contribution in [0.2, 0.25) is 0 Å². The van der Waals surface area contributed by atoms with Gasteiger partial charge in [0.05, 0.1) is 23.6 Å². The first kappa shape index (κ1) is 31.1. The van der Waals surface area contributed by atoms with Crippen molar-refractivity contribution in [2.24, 2.45) is 11.3 Å². The number of aliphatic hydroxyl groups is 1. The molecule has 11 nitrogen and oxygen atoms in total. The van der Waals surface area contributed by atoms with Crippen LogP contribution in [0.15, 0.2) is 23.1 Å². The highest BCUT2D eigenvalue weighted by Gasteiger charge is 2.36. The van der Waals surface area contributed by atoms with Crippen molar-refractivity contribution in [3.05, 3.63) is 18.2 Å². The summed E-state index contributed by atoms with van der Waals surface area (Å²) in [5.41, 5.74) is -0.582. The SMILES string of the molecule is CC(C)CN(C[C@@H](O)[C@H](C)NC(=O)[C@@H](NC(=O)CN1CCCC1)C(C)(C)C)S(=O)(=O)c1ccc2c(c1)OCO2. The number of nitrogens with zero attached hydrogens (tertiary/aromatic N) is 2. The van der Waals surface area contributed by atoms with E-state index in [2.05, 4.69) is 15.5 Å². The maximum atomic E-state index is 13.5. The second kappa shape index (κ2) is 12.8. The fourth-order valence-electron chi connectivity index (χ4n) is 4.66. The van der Waals surface area contributed by atoms with Gasteiger partial charge in [0.1, 0.15) is 6.04 Å². The van der Waals surface area contributed by atoms with Crippen LogP contribution in [-0.2, 0) is 19.6 Å². The molecule has 2 amide bonds. The first-order valence-corrected chi connectivity index (χ1v) is 15.0. The van der Waals surface area contributed by atoms with E-state index in [1.54, 1.807) is 13.0 Å². The molecule has 0 spiro atoms. The highest BCUT2D eigenvalue weighted by molar-refractivity contribution is 7.89. The third-order valence-corrected chi connectivity index (χ3v) is 8.72. The second-order valence-corrected chi connectivity index (χ2v) is 13.9. The quantitative estimate of drug-likeness (QED) is 0.346. The van der Waals surface area contributed by atoms with Crippen LogP contribution in [0, 0.1) is 11.3 Å². The number of benzene rings is 1. The number of sulfonamides is 1. The Balaban J connectivity index is 1.68. The molecule has 0 radical (unpaired) electrons.